The standard InChI is InChI=1S/C25H28N2O2S/c28-24(19-7-4-8-22(14-19)29-15-16-5-2-1-3-6-16)27-25(30)26-23-20-10-17-9-18(12-20)13-21(23)11-17/h1-8,14,17-18,20-21,23H,9-13,15H2,(H2,26,27,28,30). The van der Waals surface area contributed by atoms with Crippen molar-refractivity contribution in [3.05, 3.63) is 65.7 Å². The Morgan fingerprint density at radius 3 is 2.33 bits per heavy atom. The fraction of sp³-hybridized carbons (Fsp3) is 0.440. The minimum absolute atomic E-state index is 0.193. The Balaban J connectivity index is 1.17. The second kappa shape index (κ2) is 8.38. The lowest BCUT2D eigenvalue weighted by atomic mass is 9.54. The number of amides is 1. The van der Waals surface area contributed by atoms with Gasteiger partial charge in [-0.2, -0.15) is 0 Å². The molecule has 30 heavy (non-hydrogen) atoms. The van der Waals surface area contributed by atoms with Crippen molar-refractivity contribution in [2.75, 3.05) is 0 Å². The Labute approximate surface area is 183 Å². The van der Waals surface area contributed by atoms with Gasteiger partial charge in [0.2, 0.25) is 0 Å². The molecule has 4 aliphatic carbocycles. The van der Waals surface area contributed by atoms with E-state index < -0.39 is 0 Å². The molecule has 0 radical (unpaired) electrons. The quantitative estimate of drug-likeness (QED) is 0.689. The topological polar surface area (TPSA) is 50.4 Å². The minimum Gasteiger partial charge on any atom is -0.489 e. The minimum atomic E-state index is -0.193. The maximum Gasteiger partial charge on any atom is 0.257 e. The predicted octanol–water partition coefficient (Wildman–Crippen LogP) is 4.69. The van der Waals surface area contributed by atoms with Gasteiger partial charge in [-0.3, -0.25) is 10.1 Å². The van der Waals surface area contributed by atoms with Crippen LogP contribution in [0, 0.1) is 23.7 Å². The molecule has 0 aromatic heterocycles. The number of rotatable bonds is 5. The third-order valence-electron chi connectivity index (χ3n) is 7.10. The van der Waals surface area contributed by atoms with Gasteiger partial charge in [-0.05, 0) is 91.8 Å². The highest BCUT2D eigenvalue weighted by Crippen LogP contribution is 2.53. The highest BCUT2D eigenvalue weighted by molar-refractivity contribution is 7.80. The summed E-state index contributed by atoms with van der Waals surface area (Å²) in [6.45, 7) is 0.471. The normalized spacial score (nSPS) is 28.7. The zero-order chi connectivity index (χ0) is 20.5. The largest absolute Gasteiger partial charge is 0.489 e. The maximum atomic E-state index is 12.7. The first kappa shape index (κ1) is 19.6. The van der Waals surface area contributed by atoms with Gasteiger partial charge in [0.1, 0.15) is 12.4 Å². The van der Waals surface area contributed by atoms with E-state index in [1.165, 1.54) is 32.1 Å². The van der Waals surface area contributed by atoms with E-state index in [4.69, 9.17) is 17.0 Å². The number of carbonyl (C=O) groups is 1. The van der Waals surface area contributed by atoms with Crippen molar-refractivity contribution in [2.45, 2.75) is 44.8 Å². The summed E-state index contributed by atoms with van der Waals surface area (Å²) < 4.78 is 5.85. The van der Waals surface area contributed by atoms with Crippen molar-refractivity contribution in [2.24, 2.45) is 23.7 Å². The first-order valence-corrected chi connectivity index (χ1v) is 11.4. The van der Waals surface area contributed by atoms with Gasteiger partial charge in [0.25, 0.3) is 5.91 Å². The van der Waals surface area contributed by atoms with Crippen LogP contribution in [0.5, 0.6) is 5.75 Å². The average Bonchev–Trinajstić information content (AvgIpc) is 2.75. The van der Waals surface area contributed by atoms with Crippen LogP contribution in [0.15, 0.2) is 54.6 Å². The van der Waals surface area contributed by atoms with E-state index in [1.807, 2.05) is 42.5 Å². The van der Waals surface area contributed by atoms with Gasteiger partial charge in [0.15, 0.2) is 5.11 Å². The lowest BCUT2D eigenvalue weighted by Gasteiger charge is -2.54. The molecule has 0 saturated heterocycles. The van der Waals surface area contributed by atoms with Crippen molar-refractivity contribution in [1.29, 1.82) is 0 Å². The first-order valence-electron chi connectivity index (χ1n) is 11.0. The molecule has 0 heterocycles. The molecule has 0 aliphatic heterocycles. The molecule has 0 unspecified atom stereocenters. The molecule has 0 spiro atoms. The predicted molar refractivity (Wildman–Crippen MR) is 121 cm³/mol. The van der Waals surface area contributed by atoms with Crippen molar-refractivity contribution < 1.29 is 9.53 Å². The van der Waals surface area contributed by atoms with E-state index in [-0.39, 0.29) is 5.91 Å². The van der Waals surface area contributed by atoms with Gasteiger partial charge < -0.3 is 10.1 Å². The Hall–Kier alpha value is -2.40. The van der Waals surface area contributed by atoms with Crippen LogP contribution in [0.3, 0.4) is 0 Å². The van der Waals surface area contributed by atoms with E-state index in [2.05, 4.69) is 10.6 Å². The van der Waals surface area contributed by atoms with E-state index in [0.717, 1.165) is 17.4 Å². The second-order valence-electron chi connectivity index (χ2n) is 9.19. The van der Waals surface area contributed by atoms with Gasteiger partial charge >= 0.3 is 0 Å². The van der Waals surface area contributed by atoms with E-state index >= 15 is 0 Å². The molecule has 4 aliphatic rings. The SMILES string of the molecule is O=C(NC(=S)NC1C2CC3CC(C2)CC1C3)c1cccc(OCc2ccccc2)c1. The van der Waals surface area contributed by atoms with Crippen molar-refractivity contribution >= 4 is 23.2 Å². The molecule has 2 N–H and O–H groups in total. The van der Waals surface area contributed by atoms with Gasteiger partial charge in [-0.1, -0.05) is 36.4 Å². The van der Waals surface area contributed by atoms with Crippen LogP contribution >= 0.6 is 12.2 Å². The summed E-state index contributed by atoms with van der Waals surface area (Å²) >= 11 is 5.50. The number of nitrogens with one attached hydrogen (secondary N) is 2. The summed E-state index contributed by atoms with van der Waals surface area (Å²) in [7, 11) is 0. The summed E-state index contributed by atoms with van der Waals surface area (Å²) in [4.78, 5) is 12.7. The van der Waals surface area contributed by atoms with Gasteiger partial charge in [-0.15, -0.1) is 0 Å². The van der Waals surface area contributed by atoms with Crippen LogP contribution in [0.1, 0.15) is 48.0 Å². The Morgan fingerprint density at radius 1 is 0.933 bits per heavy atom. The van der Waals surface area contributed by atoms with Crippen LogP contribution in [0.2, 0.25) is 0 Å². The number of benzene rings is 2. The molecule has 0 atom stereocenters. The smallest absolute Gasteiger partial charge is 0.257 e. The highest BCUT2D eigenvalue weighted by atomic mass is 32.1. The van der Waals surface area contributed by atoms with Crippen LogP contribution in [-0.4, -0.2) is 17.1 Å². The van der Waals surface area contributed by atoms with Gasteiger partial charge in [0.05, 0.1) is 0 Å². The molecule has 5 heteroatoms. The molecular formula is C25H28N2O2S. The Kier molecular flexibility index (Phi) is 5.47. The second-order valence-corrected chi connectivity index (χ2v) is 9.59. The number of carbonyl (C=O) groups excluding carboxylic acids is 1. The monoisotopic (exact) mass is 420 g/mol. The number of thiocarbonyl (C=S) groups is 1. The molecule has 2 aromatic carbocycles. The summed E-state index contributed by atoms with van der Waals surface area (Å²) in [5.41, 5.74) is 1.64. The van der Waals surface area contributed by atoms with Crippen LogP contribution in [0.25, 0.3) is 0 Å². The molecule has 4 saturated carbocycles. The van der Waals surface area contributed by atoms with Crippen LogP contribution in [-0.2, 0) is 6.61 Å². The number of ether oxygens (including phenoxy) is 1. The van der Waals surface area contributed by atoms with E-state index in [1.54, 1.807) is 12.1 Å². The Morgan fingerprint density at radius 2 is 1.63 bits per heavy atom. The first-order chi connectivity index (χ1) is 14.6. The van der Waals surface area contributed by atoms with Crippen LogP contribution in [0.4, 0.5) is 0 Å². The summed E-state index contributed by atoms with van der Waals surface area (Å²) in [6, 6.07) is 17.7. The lowest BCUT2D eigenvalue weighted by Crippen LogP contribution is -2.57. The molecular weight excluding hydrogens is 392 g/mol. The fourth-order valence-corrected chi connectivity index (χ4v) is 6.22. The van der Waals surface area contributed by atoms with Crippen LogP contribution < -0.4 is 15.4 Å². The average molecular weight is 421 g/mol. The lowest BCUT2D eigenvalue weighted by molar-refractivity contribution is -0.00692. The molecule has 2 aromatic rings. The third-order valence-corrected chi connectivity index (χ3v) is 7.32. The Bertz CT molecular complexity index is 902. The number of hydrogen-bond donors (Lipinski definition) is 2. The van der Waals surface area contributed by atoms with E-state index in [0.29, 0.717) is 40.9 Å². The summed E-state index contributed by atoms with van der Waals surface area (Å²) in [5.74, 6) is 3.75. The van der Waals surface area contributed by atoms with Crippen molar-refractivity contribution in [3.63, 3.8) is 0 Å². The maximum absolute atomic E-state index is 12.7. The molecule has 4 fully saturated rings. The third kappa shape index (κ3) is 4.22. The zero-order valence-corrected chi connectivity index (χ0v) is 17.9. The van der Waals surface area contributed by atoms with Crippen molar-refractivity contribution in [1.82, 2.24) is 10.6 Å². The molecule has 1 amide bonds. The number of hydrogen-bond acceptors (Lipinski definition) is 3. The van der Waals surface area contributed by atoms with Crippen molar-refractivity contribution in [3.8, 4) is 5.75 Å². The molecule has 6 rings (SSSR count). The van der Waals surface area contributed by atoms with E-state index in [9.17, 15) is 4.79 Å². The molecule has 156 valence electrons. The molecule has 4 bridgehead atoms. The molecule has 4 nitrogen and oxygen atoms in total. The van der Waals surface area contributed by atoms with Gasteiger partial charge in [-0.25, -0.2) is 0 Å². The summed E-state index contributed by atoms with van der Waals surface area (Å²) in [5, 5.41) is 6.83. The summed E-state index contributed by atoms with van der Waals surface area (Å²) in [6.07, 6.45) is 6.72. The highest BCUT2D eigenvalue weighted by Gasteiger charge is 2.48. The fourth-order valence-electron chi connectivity index (χ4n) is 5.99. The zero-order valence-electron chi connectivity index (χ0n) is 17.1. The van der Waals surface area contributed by atoms with Gasteiger partial charge in [0, 0.05) is 11.6 Å².